The monoisotopic (exact) mass is 339 g/mol. The van der Waals surface area contributed by atoms with E-state index in [0.29, 0.717) is 21.5 Å². The van der Waals surface area contributed by atoms with E-state index >= 15 is 0 Å². The Kier molecular flexibility index (Phi) is 5.13. The maximum Gasteiger partial charge on any atom is 0.258 e. The molecule has 0 aliphatic heterocycles. The maximum atomic E-state index is 11.3. The summed E-state index contributed by atoms with van der Waals surface area (Å²) >= 11 is 0. The second kappa shape index (κ2) is 6.77. The Bertz CT molecular complexity index is 737. The fourth-order valence-electron chi connectivity index (χ4n) is 2.04. The molecule has 10 heteroatoms. The SMILES string of the molecule is CC(=O)Nc1nc([N+](C)(C)C)c2c(ncn2COC(O)C(C)O)n1. The molecular formula is C14H23N6O4+. The van der Waals surface area contributed by atoms with Crippen LogP contribution in [0.2, 0.25) is 0 Å². The van der Waals surface area contributed by atoms with Gasteiger partial charge in [-0.3, -0.25) is 19.2 Å². The number of amides is 1. The highest BCUT2D eigenvalue weighted by molar-refractivity contribution is 5.90. The molecule has 2 atom stereocenters. The summed E-state index contributed by atoms with van der Waals surface area (Å²) in [7, 11) is 5.76. The Morgan fingerprint density at radius 1 is 1.38 bits per heavy atom. The van der Waals surface area contributed by atoms with Gasteiger partial charge in [0.25, 0.3) is 5.82 Å². The summed E-state index contributed by atoms with van der Waals surface area (Å²) < 4.78 is 7.21. The minimum Gasteiger partial charge on any atom is -0.388 e. The van der Waals surface area contributed by atoms with Gasteiger partial charge >= 0.3 is 0 Å². The van der Waals surface area contributed by atoms with Crippen molar-refractivity contribution in [2.24, 2.45) is 0 Å². The fourth-order valence-corrected chi connectivity index (χ4v) is 2.04. The van der Waals surface area contributed by atoms with E-state index in [4.69, 9.17) is 4.74 Å². The number of carbonyl (C=O) groups is 1. The second-order valence-electron chi connectivity index (χ2n) is 6.38. The van der Waals surface area contributed by atoms with Crippen LogP contribution in [0, 0.1) is 0 Å². The van der Waals surface area contributed by atoms with Crippen molar-refractivity contribution < 1.29 is 19.7 Å². The zero-order valence-electron chi connectivity index (χ0n) is 14.4. The van der Waals surface area contributed by atoms with E-state index in [9.17, 15) is 15.0 Å². The summed E-state index contributed by atoms with van der Waals surface area (Å²) in [5, 5.41) is 21.4. The van der Waals surface area contributed by atoms with Crippen LogP contribution in [0.4, 0.5) is 11.8 Å². The van der Waals surface area contributed by atoms with Crippen LogP contribution in [-0.4, -0.2) is 69.2 Å². The fraction of sp³-hybridized carbons (Fsp3) is 0.571. The van der Waals surface area contributed by atoms with Crippen molar-refractivity contribution >= 4 is 28.8 Å². The van der Waals surface area contributed by atoms with E-state index in [1.807, 2.05) is 21.1 Å². The lowest BCUT2D eigenvalue weighted by Gasteiger charge is -2.23. The van der Waals surface area contributed by atoms with Gasteiger partial charge in [-0.2, -0.15) is 9.97 Å². The number of anilines is 1. The maximum absolute atomic E-state index is 11.3. The number of nitrogens with zero attached hydrogens (tertiary/aromatic N) is 5. The van der Waals surface area contributed by atoms with Crippen molar-refractivity contribution in [3.05, 3.63) is 6.33 Å². The third-order valence-electron chi connectivity index (χ3n) is 3.17. The molecule has 2 aromatic heterocycles. The molecule has 0 saturated carbocycles. The molecule has 2 heterocycles. The van der Waals surface area contributed by atoms with Crippen LogP contribution in [0.25, 0.3) is 11.2 Å². The molecule has 2 unspecified atom stereocenters. The first kappa shape index (κ1) is 18.2. The molecule has 2 aromatic rings. The molecule has 0 aliphatic rings. The quantitative estimate of drug-likeness (QED) is 0.486. The zero-order chi connectivity index (χ0) is 18.1. The Hall–Kier alpha value is -2.14. The number of aliphatic hydroxyl groups excluding tert-OH is 2. The molecule has 0 bridgehead atoms. The van der Waals surface area contributed by atoms with Crippen LogP contribution in [0.15, 0.2) is 6.33 Å². The van der Waals surface area contributed by atoms with Gasteiger partial charge in [-0.15, -0.1) is 0 Å². The van der Waals surface area contributed by atoms with Crippen molar-refractivity contribution in [2.45, 2.75) is 33.0 Å². The lowest BCUT2D eigenvalue weighted by atomic mass is 10.4. The molecule has 24 heavy (non-hydrogen) atoms. The van der Waals surface area contributed by atoms with Gasteiger partial charge in [0.05, 0.1) is 27.5 Å². The smallest absolute Gasteiger partial charge is 0.258 e. The lowest BCUT2D eigenvalue weighted by molar-refractivity contribution is -0.174. The second-order valence-corrected chi connectivity index (χ2v) is 6.38. The number of ether oxygens (including phenoxy) is 1. The summed E-state index contributed by atoms with van der Waals surface area (Å²) in [5.41, 5.74) is 1.02. The van der Waals surface area contributed by atoms with E-state index in [1.54, 1.807) is 4.57 Å². The van der Waals surface area contributed by atoms with Crippen LogP contribution >= 0.6 is 0 Å². The standard InChI is InChI=1S/C14H22N6O4/c1-8(21)13(23)24-7-19-6-15-11-10(19)12(20(3,4)5)18-14(17-11)16-9(2)22/h6,8,13,21,23H,7H2,1-5H3/p+1. The highest BCUT2D eigenvalue weighted by atomic mass is 16.6. The number of nitrogens with one attached hydrogen (secondary N) is 1. The number of aliphatic hydroxyl groups is 2. The number of carbonyl (C=O) groups excluding carboxylic acids is 1. The van der Waals surface area contributed by atoms with E-state index in [-0.39, 0.29) is 18.6 Å². The van der Waals surface area contributed by atoms with E-state index in [2.05, 4.69) is 20.3 Å². The first-order valence-electron chi connectivity index (χ1n) is 7.40. The molecule has 1 amide bonds. The van der Waals surface area contributed by atoms with Crippen LogP contribution in [0.3, 0.4) is 0 Å². The normalized spacial score (nSPS) is 14.6. The number of imidazole rings is 1. The molecule has 0 spiro atoms. The van der Waals surface area contributed by atoms with Gasteiger partial charge in [0.15, 0.2) is 17.5 Å². The molecule has 0 aliphatic carbocycles. The number of hydrogen-bond donors (Lipinski definition) is 3. The van der Waals surface area contributed by atoms with Crippen LogP contribution in [0.5, 0.6) is 0 Å². The number of aromatic nitrogens is 4. The van der Waals surface area contributed by atoms with Crippen LogP contribution in [-0.2, 0) is 16.3 Å². The Morgan fingerprint density at radius 2 is 2.04 bits per heavy atom. The molecule has 10 nitrogen and oxygen atoms in total. The molecular weight excluding hydrogens is 316 g/mol. The van der Waals surface area contributed by atoms with E-state index in [1.165, 1.54) is 20.2 Å². The van der Waals surface area contributed by atoms with Crippen molar-refractivity contribution in [1.29, 1.82) is 0 Å². The predicted molar refractivity (Wildman–Crippen MR) is 88.0 cm³/mol. The molecule has 0 saturated heterocycles. The predicted octanol–water partition coefficient (Wildman–Crippen LogP) is -0.345. The van der Waals surface area contributed by atoms with Crippen molar-refractivity contribution in [2.75, 3.05) is 26.5 Å². The van der Waals surface area contributed by atoms with Gasteiger partial charge < -0.3 is 14.9 Å². The summed E-state index contributed by atoms with van der Waals surface area (Å²) in [6.07, 6.45) is -0.819. The van der Waals surface area contributed by atoms with E-state index in [0.717, 1.165) is 0 Å². The number of rotatable bonds is 6. The number of quaternary nitrogens is 1. The average Bonchev–Trinajstić information content (AvgIpc) is 2.84. The molecule has 3 N–H and O–H groups in total. The Labute approximate surface area is 139 Å². The lowest BCUT2D eigenvalue weighted by Crippen LogP contribution is -2.36. The van der Waals surface area contributed by atoms with Gasteiger partial charge in [0.1, 0.15) is 12.8 Å². The molecule has 132 valence electrons. The minimum atomic E-state index is -1.31. The summed E-state index contributed by atoms with van der Waals surface area (Å²) in [5.74, 6) is 0.522. The van der Waals surface area contributed by atoms with Gasteiger partial charge in [0.2, 0.25) is 11.9 Å². The van der Waals surface area contributed by atoms with Crippen molar-refractivity contribution in [3.8, 4) is 0 Å². The number of fused-ring (bicyclic) bond motifs is 1. The third kappa shape index (κ3) is 4.03. The van der Waals surface area contributed by atoms with Gasteiger partial charge in [-0.25, -0.2) is 4.98 Å². The molecule has 0 radical (unpaired) electrons. The van der Waals surface area contributed by atoms with Crippen LogP contribution < -0.4 is 9.80 Å². The number of hydrogen-bond acceptors (Lipinski definition) is 7. The minimum absolute atomic E-state index is 0.0294. The largest absolute Gasteiger partial charge is 0.388 e. The Morgan fingerprint density at radius 3 is 2.58 bits per heavy atom. The highest BCUT2D eigenvalue weighted by Crippen LogP contribution is 2.26. The van der Waals surface area contributed by atoms with Gasteiger partial charge in [0, 0.05) is 6.92 Å². The average molecular weight is 339 g/mol. The van der Waals surface area contributed by atoms with Crippen molar-refractivity contribution in [1.82, 2.24) is 24.0 Å². The topological polar surface area (TPSA) is 122 Å². The van der Waals surface area contributed by atoms with Crippen molar-refractivity contribution in [3.63, 3.8) is 0 Å². The summed E-state index contributed by atoms with van der Waals surface area (Å²) in [6.45, 7) is 2.78. The summed E-state index contributed by atoms with van der Waals surface area (Å²) in [4.78, 5) is 24.1. The first-order valence-corrected chi connectivity index (χ1v) is 7.40. The first-order chi connectivity index (χ1) is 11.1. The van der Waals surface area contributed by atoms with Crippen LogP contribution in [0.1, 0.15) is 13.8 Å². The Balaban J connectivity index is 2.46. The molecule has 0 aromatic carbocycles. The molecule has 2 rings (SSSR count). The molecule has 0 fully saturated rings. The zero-order valence-corrected chi connectivity index (χ0v) is 14.4. The van der Waals surface area contributed by atoms with Gasteiger partial charge in [-0.05, 0) is 6.92 Å². The third-order valence-corrected chi connectivity index (χ3v) is 3.17. The summed E-state index contributed by atoms with van der Waals surface area (Å²) in [6, 6.07) is 0. The van der Waals surface area contributed by atoms with Gasteiger partial charge in [-0.1, -0.05) is 0 Å². The highest BCUT2D eigenvalue weighted by Gasteiger charge is 2.25. The van der Waals surface area contributed by atoms with E-state index < -0.39 is 12.4 Å².